The third-order valence-corrected chi connectivity index (χ3v) is 6.51. The molecule has 0 aliphatic carbocycles. The number of rotatable bonds is 5. The molecule has 1 N–H and O–H groups in total. The Morgan fingerprint density at radius 3 is 2.32 bits per heavy atom. The zero-order valence-corrected chi connectivity index (χ0v) is 20.9. The Morgan fingerprint density at radius 1 is 1.00 bits per heavy atom. The highest BCUT2D eigenvalue weighted by Gasteiger charge is 2.37. The minimum absolute atomic E-state index is 0.218. The number of aryl methyl sites for hydroxylation is 1. The third-order valence-electron chi connectivity index (χ3n) is 5.06. The number of nitrogens with zero attached hydrogens (tertiary/aromatic N) is 1. The molecule has 4 amide bonds. The predicted octanol–water partition coefficient (Wildman–Crippen LogP) is 6.31. The molecule has 0 unspecified atom stereocenters. The molecule has 1 aliphatic heterocycles. The van der Waals surface area contributed by atoms with Crippen LogP contribution in [0.1, 0.15) is 16.7 Å². The molecule has 0 bridgehead atoms. The Hall–Kier alpha value is -3.13. The Kier molecular flexibility index (Phi) is 7.07. The molecule has 1 fully saturated rings. The third kappa shape index (κ3) is 5.01. The summed E-state index contributed by atoms with van der Waals surface area (Å²) in [6.07, 6.45) is 1.33. The number of nitrogens with one attached hydrogen (secondary N) is 1. The lowest BCUT2D eigenvalue weighted by molar-refractivity contribution is -0.122. The molecule has 0 saturated carbocycles. The van der Waals surface area contributed by atoms with Crippen LogP contribution in [0.3, 0.4) is 0 Å². The zero-order valence-electron chi connectivity index (χ0n) is 17.8. The van der Waals surface area contributed by atoms with E-state index in [1.807, 2.05) is 37.3 Å². The van der Waals surface area contributed by atoms with Crippen molar-refractivity contribution in [2.24, 2.45) is 0 Å². The molecule has 1 aliphatic rings. The Balaban J connectivity index is 1.63. The van der Waals surface area contributed by atoms with Crippen LogP contribution in [-0.2, 0) is 16.2 Å². The molecule has 1 saturated heterocycles. The molecule has 6 nitrogen and oxygen atoms in total. The van der Waals surface area contributed by atoms with Crippen molar-refractivity contribution in [1.29, 1.82) is 0 Å². The molecule has 34 heavy (non-hydrogen) atoms. The van der Waals surface area contributed by atoms with Crippen LogP contribution in [0.2, 0.25) is 10.0 Å². The van der Waals surface area contributed by atoms with Gasteiger partial charge in [0.25, 0.3) is 11.8 Å². The molecular formula is C25H17BrCl2N2O4. The summed E-state index contributed by atoms with van der Waals surface area (Å²) in [5.41, 5.74) is 2.28. The number of imide groups is 2. The van der Waals surface area contributed by atoms with Crippen molar-refractivity contribution < 1.29 is 19.1 Å². The number of benzene rings is 3. The molecule has 1 heterocycles. The van der Waals surface area contributed by atoms with E-state index in [4.69, 9.17) is 27.9 Å². The van der Waals surface area contributed by atoms with E-state index < -0.39 is 17.8 Å². The standard InChI is InChI=1S/C25H17BrCl2N2O4/c1-14-9-17(7-8-19(14)26)30-24(32)18(23(31)29-25(30)33)10-16-11-20(27)22(21(28)12-16)34-13-15-5-3-2-4-6-15/h2-12H,13H2,1H3,(H,29,31,33)/b18-10+. The number of anilines is 1. The fourth-order valence-corrected chi connectivity index (χ4v) is 4.22. The largest absolute Gasteiger partial charge is 0.486 e. The SMILES string of the molecule is Cc1cc(N2C(=O)NC(=O)/C(=C\c3cc(Cl)c(OCc4ccccc4)c(Cl)c3)C2=O)ccc1Br. The Labute approximate surface area is 214 Å². The van der Waals surface area contributed by atoms with Gasteiger partial charge in [0.15, 0.2) is 5.75 Å². The van der Waals surface area contributed by atoms with Crippen LogP contribution in [0.15, 0.2) is 70.7 Å². The van der Waals surface area contributed by atoms with Crippen LogP contribution >= 0.6 is 39.1 Å². The van der Waals surface area contributed by atoms with Crippen LogP contribution < -0.4 is 15.0 Å². The summed E-state index contributed by atoms with van der Waals surface area (Å²) in [5, 5.41) is 2.63. The number of urea groups is 1. The molecule has 0 radical (unpaired) electrons. The smallest absolute Gasteiger partial charge is 0.335 e. The lowest BCUT2D eigenvalue weighted by Crippen LogP contribution is -2.54. The van der Waals surface area contributed by atoms with Gasteiger partial charge in [0, 0.05) is 4.47 Å². The van der Waals surface area contributed by atoms with E-state index in [-0.39, 0.29) is 28.0 Å². The van der Waals surface area contributed by atoms with Crippen molar-refractivity contribution in [3.05, 3.63) is 97.4 Å². The van der Waals surface area contributed by atoms with Crippen molar-refractivity contribution in [3.8, 4) is 5.75 Å². The van der Waals surface area contributed by atoms with Crippen molar-refractivity contribution in [3.63, 3.8) is 0 Å². The maximum Gasteiger partial charge on any atom is 0.335 e. The van der Waals surface area contributed by atoms with Crippen LogP contribution in [-0.4, -0.2) is 17.8 Å². The number of ether oxygens (including phenoxy) is 1. The van der Waals surface area contributed by atoms with Gasteiger partial charge in [-0.05, 0) is 60.0 Å². The number of carbonyl (C=O) groups excluding carboxylic acids is 3. The number of halogens is 3. The minimum Gasteiger partial charge on any atom is -0.486 e. The molecule has 3 aromatic rings. The lowest BCUT2D eigenvalue weighted by Gasteiger charge is -2.26. The van der Waals surface area contributed by atoms with Crippen molar-refractivity contribution in [1.82, 2.24) is 5.32 Å². The predicted molar refractivity (Wildman–Crippen MR) is 135 cm³/mol. The Morgan fingerprint density at radius 2 is 1.68 bits per heavy atom. The number of carbonyl (C=O) groups is 3. The van der Waals surface area contributed by atoms with Gasteiger partial charge < -0.3 is 4.74 Å². The Bertz CT molecular complexity index is 1320. The average molecular weight is 560 g/mol. The van der Waals surface area contributed by atoms with E-state index in [9.17, 15) is 14.4 Å². The quantitative estimate of drug-likeness (QED) is 0.293. The molecule has 0 spiro atoms. The van der Waals surface area contributed by atoms with Crippen LogP contribution in [0.4, 0.5) is 10.5 Å². The first-order chi connectivity index (χ1) is 16.2. The maximum absolute atomic E-state index is 13.1. The summed E-state index contributed by atoms with van der Waals surface area (Å²) in [6, 6.07) is 16.8. The van der Waals surface area contributed by atoms with Crippen molar-refractivity contribution in [2.75, 3.05) is 4.90 Å². The van der Waals surface area contributed by atoms with Gasteiger partial charge in [0.2, 0.25) is 0 Å². The second-order valence-corrected chi connectivity index (χ2v) is 9.15. The zero-order chi connectivity index (χ0) is 24.4. The summed E-state index contributed by atoms with van der Waals surface area (Å²) in [4.78, 5) is 38.9. The van der Waals surface area contributed by atoms with Gasteiger partial charge in [-0.3, -0.25) is 14.9 Å². The van der Waals surface area contributed by atoms with Gasteiger partial charge in [-0.15, -0.1) is 0 Å². The number of amides is 4. The fourth-order valence-electron chi connectivity index (χ4n) is 3.36. The topological polar surface area (TPSA) is 75.7 Å². The van der Waals surface area contributed by atoms with Crippen LogP contribution in [0.5, 0.6) is 5.75 Å². The van der Waals surface area contributed by atoms with Gasteiger partial charge in [-0.2, -0.15) is 0 Å². The molecule has 172 valence electrons. The summed E-state index contributed by atoms with van der Waals surface area (Å²) in [7, 11) is 0. The molecule has 0 atom stereocenters. The van der Waals surface area contributed by atoms with Gasteiger partial charge in [-0.25, -0.2) is 9.69 Å². The average Bonchev–Trinajstić information content (AvgIpc) is 2.79. The van der Waals surface area contributed by atoms with Crippen LogP contribution in [0, 0.1) is 6.92 Å². The number of hydrogen-bond donors (Lipinski definition) is 1. The highest BCUT2D eigenvalue weighted by atomic mass is 79.9. The maximum atomic E-state index is 13.1. The van der Waals surface area contributed by atoms with Gasteiger partial charge >= 0.3 is 6.03 Å². The number of barbiturate groups is 1. The normalized spacial score (nSPS) is 15.0. The summed E-state index contributed by atoms with van der Waals surface area (Å²) in [5.74, 6) is -1.28. The summed E-state index contributed by atoms with van der Waals surface area (Å²) < 4.78 is 6.59. The first-order valence-electron chi connectivity index (χ1n) is 10.1. The van der Waals surface area contributed by atoms with Gasteiger partial charge in [-0.1, -0.05) is 69.5 Å². The minimum atomic E-state index is -0.824. The monoisotopic (exact) mass is 558 g/mol. The molecule has 9 heteroatoms. The van der Waals surface area contributed by atoms with Gasteiger partial charge in [0.05, 0.1) is 15.7 Å². The molecule has 3 aromatic carbocycles. The molecule has 4 rings (SSSR count). The summed E-state index contributed by atoms with van der Waals surface area (Å²) in [6.45, 7) is 2.10. The van der Waals surface area contributed by atoms with Crippen LogP contribution in [0.25, 0.3) is 6.08 Å². The highest BCUT2D eigenvalue weighted by molar-refractivity contribution is 9.10. The molecule has 0 aromatic heterocycles. The first-order valence-corrected chi connectivity index (χ1v) is 11.6. The highest BCUT2D eigenvalue weighted by Crippen LogP contribution is 2.36. The lowest BCUT2D eigenvalue weighted by atomic mass is 10.1. The fraction of sp³-hybridized carbons (Fsp3) is 0.0800. The van der Waals surface area contributed by atoms with E-state index in [0.29, 0.717) is 11.3 Å². The first kappa shape index (κ1) is 24.0. The van der Waals surface area contributed by atoms with E-state index in [1.165, 1.54) is 18.2 Å². The second kappa shape index (κ2) is 10.0. The summed E-state index contributed by atoms with van der Waals surface area (Å²) >= 11 is 16.1. The molecular weight excluding hydrogens is 543 g/mol. The van der Waals surface area contributed by atoms with Crippen molar-refractivity contribution >= 4 is 68.7 Å². The van der Waals surface area contributed by atoms with E-state index in [2.05, 4.69) is 21.2 Å². The van der Waals surface area contributed by atoms with E-state index >= 15 is 0 Å². The number of hydrogen-bond acceptors (Lipinski definition) is 4. The van der Waals surface area contributed by atoms with Gasteiger partial charge in [0.1, 0.15) is 12.2 Å². The van der Waals surface area contributed by atoms with E-state index in [1.54, 1.807) is 18.2 Å². The second-order valence-electron chi connectivity index (χ2n) is 7.48. The van der Waals surface area contributed by atoms with Crippen molar-refractivity contribution in [2.45, 2.75) is 13.5 Å². The van der Waals surface area contributed by atoms with E-state index in [0.717, 1.165) is 20.5 Å².